The number of para-hydroxylation sites is 1. The molecule has 1 fully saturated rings. The Morgan fingerprint density at radius 3 is 2.27 bits per heavy atom. The van der Waals surface area contributed by atoms with Crippen LogP contribution in [0, 0.1) is 13.8 Å². The molecule has 3 heteroatoms. The van der Waals surface area contributed by atoms with Crippen LogP contribution in [-0.2, 0) is 5.41 Å². The highest BCUT2D eigenvalue weighted by molar-refractivity contribution is 7.00. The van der Waals surface area contributed by atoms with Crippen molar-refractivity contribution in [3.63, 3.8) is 0 Å². The van der Waals surface area contributed by atoms with Crippen LogP contribution in [0.3, 0.4) is 0 Å². The van der Waals surface area contributed by atoms with E-state index >= 15 is 0 Å². The molecule has 8 rings (SSSR count). The van der Waals surface area contributed by atoms with Crippen LogP contribution >= 0.6 is 0 Å². The van der Waals surface area contributed by atoms with Gasteiger partial charge in [-0.1, -0.05) is 79.4 Å². The zero-order valence-corrected chi connectivity index (χ0v) is 22.3. The predicted octanol–water partition coefficient (Wildman–Crippen LogP) is 6.66. The van der Waals surface area contributed by atoms with E-state index in [1.807, 2.05) is 0 Å². The Balaban J connectivity index is 1.48. The highest BCUT2D eigenvalue weighted by Crippen LogP contribution is 2.61. The molecule has 1 aliphatic carbocycles. The lowest BCUT2D eigenvalue weighted by Gasteiger charge is -2.52. The number of aryl methyl sites for hydroxylation is 2. The van der Waals surface area contributed by atoms with Gasteiger partial charge in [0.2, 0.25) is 0 Å². The molecule has 3 heterocycles. The van der Waals surface area contributed by atoms with E-state index in [-0.39, 0.29) is 17.7 Å². The number of hydrogen-bond donors (Lipinski definition) is 0. The summed E-state index contributed by atoms with van der Waals surface area (Å²) in [7, 11) is 0. The molecule has 0 spiro atoms. The summed E-state index contributed by atoms with van der Waals surface area (Å²) >= 11 is 0. The van der Waals surface area contributed by atoms with E-state index in [2.05, 4.69) is 116 Å². The Bertz CT molecular complexity index is 1610. The summed E-state index contributed by atoms with van der Waals surface area (Å²) < 4.78 is 0. The van der Waals surface area contributed by atoms with Gasteiger partial charge >= 0.3 is 0 Å². The van der Waals surface area contributed by atoms with Crippen molar-refractivity contribution in [1.29, 1.82) is 0 Å². The maximum absolute atomic E-state index is 2.79. The molecule has 0 aromatic heterocycles. The first kappa shape index (κ1) is 21.6. The van der Waals surface area contributed by atoms with Crippen LogP contribution in [0.2, 0.25) is 0 Å². The maximum Gasteiger partial charge on any atom is 0.252 e. The standard InChI is InChI=1S/C34H33BN2/c1-22-13-16-24(17-14-22)36-28-18-15-23(2)21-27(28)35-26-10-7-9-25-32(26)37(30-12-8-11-29(36)31(30)35)34(4)20-6-5-19-33(25,34)3/h7-18,21H,5-6,19-20H2,1-4H3. The molecule has 0 bridgehead atoms. The van der Waals surface area contributed by atoms with Gasteiger partial charge in [0.15, 0.2) is 0 Å². The molecular weight excluding hydrogens is 447 g/mol. The molecule has 3 aliphatic heterocycles. The summed E-state index contributed by atoms with van der Waals surface area (Å²) in [4.78, 5) is 5.30. The van der Waals surface area contributed by atoms with Crippen molar-refractivity contribution in [2.75, 3.05) is 9.80 Å². The van der Waals surface area contributed by atoms with Gasteiger partial charge in [-0.3, -0.25) is 0 Å². The first-order chi connectivity index (χ1) is 17.9. The molecule has 37 heavy (non-hydrogen) atoms. The number of nitrogens with zero attached hydrogens (tertiary/aromatic N) is 2. The molecule has 4 aliphatic rings. The van der Waals surface area contributed by atoms with Crippen molar-refractivity contribution < 1.29 is 0 Å². The quantitative estimate of drug-likeness (QED) is 0.248. The fourth-order valence-electron chi connectivity index (χ4n) is 8.31. The number of benzene rings is 4. The lowest BCUT2D eigenvalue weighted by molar-refractivity contribution is 0.195. The van der Waals surface area contributed by atoms with E-state index < -0.39 is 0 Å². The van der Waals surface area contributed by atoms with Crippen LogP contribution < -0.4 is 26.2 Å². The van der Waals surface area contributed by atoms with Crippen molar-refractivity contribution >= 4 is 51.5 Å². The van der Waals surface area contributed by atoms with Gasteiger partial charge < -0.3 is 9.80 Å². The Morgan fingerprint density at radius 2 is 1.43 bits per heavy atom. The lowest BCUT2D eigenvalue weighted by Crippen LogP contribution is -2.64. The van der Waals surface area contributed by atoms with E-state index in [0.717, 1.165) is 0 Å². The fourth-order valence-corrected chi connectivity index (χ4v) is 8.31. The first-order valence-electron chi connectivity index (χ1n) is 14.0. The third kappa shape index (κ3) is 2.53. The third-order valence-corrected chi connectivity index (χ3v) is 10.3. The maximum atomic E-state index is 2.79. The molecule has 4 aromatic rings. The minimum absolute atomic E-state index is 0.0886. The van der Waals surface area contributed by atoms with Crippen molar-refractivity contribution in [1.82, 2.24) is 0 Å². The first-order valence-corrected chi connectivity index (χ1v) is 14.0. The van der Waals surface area contributed by atoms with Crippen LogP contribution in [0.5, 0.6) is 0 Å². The second-order valence-corrected chi connectivity index (χ2v) is 12.3. The summed E-state index contributed by atoms with van der Waals surface area (Å²) in [5.74, 6) is 0. The third-order valence-electron chi connectivity index (χ3n) is 10.3. The van der Waals surface area contributed by atoms with Gasteiger partial charge in [-0.15, -0.1) is 0 Å². The minimum atomic E-state index is 0.0886. The van der Waals surface area contributed by atoms with Gasteiger partial charge in [0, 0.05) is 33.9 Å². The van der Waals surface area contributed by atoms with Gasteiger partial charge in [0.05, 0.1) is 5.54 Å². The molecule has 2 unspecified atom stereocenters. The molecule has 0 N–H and O–H groups in total. The molecule has 0 amide bonds. The monoisotopic (exact) mass is 480 g/mol. The van der Waals surface area contributed by atoms with Gasteiger partial charge in [0.1, 0.15) is 0 Å². The number of rotatable bonds is 1. The summed E-state index contributed by atoms with van der Waals surface area (Å²) in [6.45, 7) is 9.76. The Labute approximate surface area is 221 Å². The van der Waals surface area contributed by atoms with Crippen molar-refractivity contribution in [3.8, 4) is 0 Å². The van der Waals surface area contributed by atoms with Gasteiger partial charge in [-0.2, -0.15) is 0 Å². The van der Waals surface area contributed by atoms with Crippen LogP contribution in [0.25, 0.3) is 0 Å². The van der Waals surface area contributed by atoms with Crippen LogP contribution in [-0.4, -0.2) is 12.3 Å². The molecule has 182 valence electrons. The van der Waals surface area contributed by atoms with Crippen molar-refractivity contribution in [3.05, 3.63) is 95.6 Å². The fraction of sp³-hybridized carbons (Fsp3) is 0.294. The topological polar surface area (TPSA) is 6.48 Å². The SMILES string of the molecule is Cc1ccc(N2c3ccc(C)cc3B3c4cccc5c4N(c4cccc2c43)C2(C)CCCCC52C)cc1. The smallest absolute Gasteiger partial charge is 0.252 e. The lowest BCUT2D eigenvalue weighted by atomic mass is 9.33. The summed E-state index contributed by atoms with van der Waals surface area (Å²) in [6, 6.07) is 30.4. The van der Waals surface area contributed by atoms with Crippen molar-refractivity contribution in [2.45, 2.75) is 64.3 Å². The van der Waals surface area contributed by atoms with Gasteiger partial charge in [0.25, 0.3) is 6.71 Å². The highest BCUT2D eigenvalue weighted by Gasteiger charge is 2.61. The van der Waals surface area contributed by atoms with E-state index in [1.165, 1.54) is 81.6 Å². The zero-order valence-electron chi connectivity index (χ0n) is 22.3. The largest absolute Gasteiger partial charge is 0.335 e. The summed E-state index contributed by atoms with van der Waals surface area (Å²) in [5, 5.41) is 0. The molecule has 0 radical (unpaired) electrons. The molecule has 2 nitrogen and oxygen atoms in total. The Hall–Kier alpha value is -3.46. The average molecular weight is 480 g/mol. The number of fused-ring (bicyclic) bond motifs is 7. The predicted molar refractivity (Wildman–Crippen MR) is 158 cm³/mol. The minimum Gasteiger partial charge on any atom is -0.335 e. The number of hydrogen-bond acceptors (Lipinski definition) is 2. The molecule has 2 atom stereocenters. The molecule has 0 saturated heterocycles. The van der Waals surface area contributed by atoms with Crippen LogP contribution in [0.4, 0.5) is 28.4 Å². The molecular formula is C34H33BN2. The number of anilines is 5. The Morgan fingerprint density at radius 1 is 0.703 bits per heavy atom. The van der Waals surface area contributed by atoms with E-state index in [0.29, 0.717) is 0 Å². The second-order valence-electron chi connectivity index (χ2n) is 12.3. The normalized spacial score (nSPS) is 24.4. The van der Waals surface area contributed by atoms with E-state index in [1.54, 1.807) is 5.56 Å². The molecule has 4 aromatic carbocycles. The zero-order chi connectivity index (χ0) is 25.1. The Kier molecular flexibility index (Phi) is 4.15. The van der Waals surface area contributed by atoms with Gasteiger partial charge in [-0.25, -0.2) is 0 Å². The second kappa shape index (κ2) is 7.10. The highest BCUT2D eigenvalue weighted by atomic mass is 15.3. The summed E-state index contributed by atoms with van der Waals surface area (Å²) in [6.07, 6.45) is 5.13. The summed E-state index contributed by atoms with van der Waals surface area (Å²) in [5.41, 5.74) is 15.6. The van der Waals surface area contributed by atoms with E-state index in [4.69, 9.17) is 0 Å². The van der Waals surface area contributed by atoms with Crippen LogP contribution in [0.15, 0.2) is 78.9 Å². The van der Waals surface area contributed by atoms with Crippen molar-refractivity contribution in [2.24, 2.45) is 0 Å². The van der Waals surface area contributed by atoms with Crippen LogP contribution in [0.1, 0.15) is 56.2 Å². The van der Waals surface area contributed by atoms with E-state index in [9.17, 15) is 0 Å². The molecule has 1 saturated carbocycles. The average Bonchev–Trinajstić information content (AvgIpc) is 3.12. The van der Waals surface area contributed by atoms with Gasteiger partial charge in [-0.05, 0) is 85.9 Å².